The molecule has 1 atom stereocenters. The second-order valence-electron chi connectivity index (χ2n) is 5.75. The molecule has 1 unspecified atom stereocenters. The van der Waals surface area contributed by atoms with Crippen molar-refractivity contribution in [3.63, 3.8) is 0 Å². The van der Waals surface area contributed by atoms with Crippen LogP contribution in [0.2, 0.25) is 0 Å². The number of carbonyl (C=O) groups is 1. The zero-order valence-electron chi connectivity index (χ0n) is 13.7. The molecule has 7 heteroatoms. The third-order valence-electron chi connectivity index (χ3n) is 3.86. The number of benzene rings is 1. The second kappa shape index (κ2) is 7.94. The van der Waals surface area contributed by atoms with E-state index in [1.807, 2.05) is 42.1 Å². The number of nitrogens with zero attached hydrogens (tertiary/aromatic N) is 2. The van der Waals surface area contributed by atoms with Gasteiger partial charge in [0.15, 0.2) is 0 Å². The van der Waals surface area contributed by atoms with Gasteiger partial charge in [-0.1, -0.05) is 0 Å². The van der Waals surface area contributed by atoms with Gasteiger partial charge in [0.1, 0.15) is 18.2 Å². The average molecular weight is 330 g/mol. The fraction of sp³-hybridized carbons (Fsp3) is 0.412. The molecule has 2 heterocycles. The molecule has 1 aliphatic rings. The zero-order valence-corrected chi connectivity index (χ0v) is 13.7. The van der Waals surface area contributed by atoms with Crippen molar-refractivity contribution in [2.45, 2.75) is 19.1 Å². The molecular weight excluding hydrogens is 308 g/mol. The molecule has 128 valence electrons. The third-order valence-corrected chi connectivity index (χ3v) is 3.86. The summed E-state index contributed by atoms with van der Waals surface area (Å²) in [4.78, 5) is 16.2. The topological polar surface area (TPSA) is 77.4 Å². The fourth-order valence-electron chi connectivity index (χ4n) is 2.50. The van der Waals surface area contributed by atoms with Crippen LogP contribution in [-0.2, 0) is 23.2 Å². The summed E-state index contributed by atoms with van der Waals surface area (Å²) in [6.07, 6.45) is 4.02. The van der Waals surface area contributed by atoms with Gasteiger partial charge < -0.3 is 24.7 Å². The normalized spacial score (nSPS) is 17.5. The minimum atomic E-state index is -0.0281. The van der Waals surface area contributed by atoms with Crippen LogP contribution in [0.5, 0.6) is 5.75 Å². The van der Waals surface area contributed by atoms with E-state index >= 15 is 0 Å². The van der Waals surface area contributed by atoms with Gasteiger partial charge >= 0.3 is 0 Å². The van der Waals surface area contributed by atoms with Crippen LogP contribution in [-0.4, -0.2) is 41.3 Å². The number of hydrogen-bond acceptors (Lipinski definition) is 5. The predicted molar refractivity (Wildman–Crippen MR) is 89.8 cm³/mol. The van der Waals surface area contributed by atoms with E-state index in [1.54, 1.807) is 6.20 Å². The maximum atomic E-state index is 12.0. The maximum absolute atomic E-state index is 12.0. The van der Waals surface area contributed by atoms with Gasteiger partial charge in [-0.25, -0.2) is 4.98 Å². The highest BCUT2D eigenvalue weighted by atomic mass is 16.5. The Kier molecular flexibility index (Phi) is 5.45. The lowest BCUT2D eigenvalue weighted by Crippen LogP contribution is -2.43. The molecule has 1 saturated heterocycles. The number of ether oxygens (including phenoxy) is 2. The molecule has 0 aliphatic carbocycles. The van der Waals surface area contributed by atoms with Crippen molar-refractivity contribution in [2.24, 2.45) is 7.05 Å². The standard InChI is InChI=1S/C17H22N4O3/c1-21-8-6-19-16(21)12-24-15-4-2-13(3-5-15)20-17(22)10-14-11-23-9-7-18-14/h2-6,8,14,18H,7,9-12H2,1H3,(H,20,22). The van der Waals surface area contributed by atoms with E-state index in [4.69, 9.17) is 9.47 Å². The Morgan fingerprint density at radius 2 is 2.29 bits per heavy atom. The molecule has 0 radical (unpaired) electrons. The van der Waals surface area contributed by atoms with Gasteiger partial charge in [-0.3, -0.25) is 4.79 Å². The van der Waals surface area contributed by atoms with Crippen LogP contribution in [0.3, 0.4) is 0 Å². The Bertz CT molecular complexity index is 663. The van der Waals surface area contributed by atoms with Crippen LogP contribution in [0.15, 0.2) is 36.7 Å². The average Bonchev–Trinajstić information content (AvgIpc) is 3.00. The summed E-state index contributed by atoms with van der Waals surface area (Å²) in [5.74, 6) is 1.56. The Labute approximate surface area is 141 Å². The third kappa shape index (κ3) is 4.56. The molecule has 2 aromatic rings. The SMILES string of the molecule is Cn1ccnc1COc1ccc(NC(=O)CC2COCCN2)cc1. The van der Waals surface area contributed by atoms with Crippen LogP contribution in [0.4, 0.5) is 5.69 Å². The van der Waals surface area contributed by atoms with Crippen LogP contribution < -0.4 is 15.4 Å². The van der Waals surface area contributed by atoms with E-state index < -0.39 is 0 Å². The van der Waals surface area contributed by atoms with E-state index in [0.717, 1.165) is 23.8 Å². The fourth-order valence-corrected chi connectivity index (χ4v) is 2.50. The maximum Gasteiger partial charge on any atom is 0.226 e. The highest BCUT2D eigenvalue weighted by molar-refractivity contribution is 5.91. The smallest absolute Gasteiger partial charge is 0.226 e. The molecule has 2 N–H and O–H groups in total. The number of aryl methyl sites for hydroxylation is 1. The van der Waals surface area contributed by atoms with Crippen LogP contribution >= 0.6 is 0 Å². The Morgan fingerprint density at radius 3 is 2.96 bits per heavy atom. The van der Waals surface area contributed by atoms with Crippen LogP contribution in [0.25, 0.3) is 0 Å². The van der Waals surface area contributed by atoms with Crippen molar-refractivity contribution >= 4 is 11.6 Å². The zero-order chi connectivity index (χ0) is 16.8. The number of anilines is 1. The molecular formula is C17H22N4O3. The van der Waals surface area contributed by atoms with Gasteiger partial charge in [0.25, 0.3) is 0 Å². The number of carbonyl (C=O) groups excluding carboxylic acids is 1. The van der Waals surface area contributed by atoms with Crippen molar-refractivity contribution in [1.82, 2.24) is 14.9 Å². The van der Waals surface area contributed by atoms with E-state index in [2.05, 4.69) is 15.6 Å². The number of morpholine rings is 1. The first-order valence-electron chi connectivity index (χ1n) is 8.01. The van der Waals surface area contributed by atoms with Crippen LogP contribution in [0, 0.1) is 0 Å². The molecule has 1 aromatic heterocycles. The predicted octanol–water partition coefficient (Wildman–Crippen LogP) is 1.32. The molecule has 1 fully saturated rings. The first-order chi connectivity index (χ1) is 11.7. The van der Waals surface area contributed by atoms with Crippen LogP contribution in [0.1, 0.15) is 12.2 Å². The summed E-state index contributed by atoms with van der Waals surface area (Å²) >= 11 is 0. The molecule has 7 nitrogen and oxygen atoms in total. The molecule has 1 aliphatic heterocycles. The number of imidazole rings is 1. The molecule has 0 bridgehead atoms. The van der Waals surface area contributed by atoms with Crippen molar-refractivity contribution in [3.8, 4) is 5.75 Å². The van der Waals surface area contributed by atoms with Gasteiger partial charge in [-0.2, -0.15) is 0 Å². The number of amides is 1. The molecule has 0 saturated carbocycles. The van der Waals surface area contributed by atoms with Crippen molar-refractivity contribution < 1.29 is 14.3 Å². The first kappa shape index (κ1) is 16.5. The van der Waals surface area contributed by atoms with Gasteiger partial charge in [0.05, 0.1) is 13.2 Å². The lowest BCUT2D eigenvalue weighted by molar-refractivity contribution is -0.117. The summed E-state index contributed by atoms with van der Waals surface area (Å²) in [5, 5.41) is 6.15. The lowest BCUT2D eigenvalue weighted by atomic mass is 10.2. The first-order valence-corrected chi connectivity index (χ1v) is 8.01. The Morgan fingerprint density at radius 1 is 1.46 bits per heavy atom. The van der Waals surface area contributed by atoms with Crippen molar-refractivity contribution in [3.05, 3.63) is 42.5 Å². The minimum Gasteiger partial charge on any atom is -0.486 e. The minimum absolute atomic E-state index is 0.0281. The summed E-state index contributed by atoms with van der Waals surface area (Å²) < 4.78 is 13.0. The summed E-state index contributed by atoms with van der Waals surface area (Å²) in [5.41, 5.74) is 0.751. The molecule has 1 aromatic carbocycles. The van der Waals surface area contributed by atoms with E-state index in [1.165, 1.54) is 0 Å². The number of rotatable bonds is 6. The largest absolute Gasteiger partial charge is 0.486 e. The number of hydrogen-bond donors (Lipinski definition) is 2. The monoisotopic (exact) mass is 330 g/mol. The van der Waals surface area contributed by atoms with E-state index in [9.17, 15) is 4.79 Å². The van der Waals surface area contributed by atoms with Crippen molar-refractivity contribution in [1.29, 1.82) is 0 Å². The Balaban J connectivity index is 1.47. The number of nitrogens with one attached hydrogen (secondary N) is 2. The second-order valence-corrected chi connectivity index (χ2v) is 5.75. The quantitative estimate of drug-likeness (QED) is 0.835. The Hall–Kier alpha value is -2.38. The summed E-state index contributed by atoms with van der Waals surface area (Å²) in [7, 11) is 1.93. The highest BCUT2D eigenvalue weighted by Crippen LogP contribution is 2.17. The van der Waals surface area contributed by atoms with Gasteiger partial charge in [-0.05, 0) is 24.3 Å². The molecule has 0 spiro atoms. The summed E-state index contributed by atoms with van der Waals surface area (Å²) in [6, 6.07) is 7.41. The van der Waals surface area contributed by atoms with Crippen molar-refractivity contribution in [2.75, 3.05) is 25.1 Å². The lowest BCUT2D eigenvalue weighted by Gasteiger charge is -2.23. The molecule has 24 heavy (non-hydrogen) atoms. The molecule has 1 amide bonds. The van der Waals surface area contributed by atoms with E-state index in [0.29, 0.717) is 26.2 Å². The van der Waals surface area contributed by atoms with Gasteiger partial charge in [0, 0.05) is 44.1 Å². The summed E-state index contributed by atoms with van der Waals surface area (Å²) in [6.45, 7) is 2.48. The number of aromatic nitrogens is 2. The van der Waals surface area contributed by atoms with E-state index in [-0.39, 0.29) is 11.9 Å². The highest BCUT2D eigenvalue weighted by Gasteiger charge is 2.16. The van der Waals surface area contributed by atoms with Gasteiger partial charge in [0.2, 0.25) is 5.91 Å². The van der Waals surface area contributed by atoms with Gasteiger partial charge in [-0.15, -0.1) is 0 Å². The molecule has 3 rings (SSSR count).